The highest BCUT2D eigenvalue weighted by Crippen LogP contribution is 2.22. The molecule has 1 heterocycles. The molecule has 10 heteroatoms. The van der Waals surface area contributed by atoms with Crippen molar-refractivity contribution in [1.82, 2.24) is 15.6 Å². The van der Waals surface area contributed by atoms with Crippen LogP contribution in [0.5, 0.6) is 0 Å². The maximum atomic E-state index is 13.3. The van der Waals surface area contributed by atoms with Gasteiger partial charge in [0.2, 0.25) is 11.7 Å². The number of hydrogen-bond acceptors (Lipinski definition) is 5. The van der Waals surface area contributed by atoms with E-state index in [1.807, 2.05) is 0 Å². The number of amides is 3. The fraction of sp³-hybridized carbons (Fsp3) is 0.190. The summed E-state index contributed by atoms with van der Waals surface area (Å²) in [6.45, 7) is 1.31. The van der Waals surface area contributed by atoms with Crippen molar-refractivity contribution >= 4 is 29.7 Å². The molecule has 31 heavy (non-hydrogen) atoms. The highest BCUT2D eigenvalue weighted by molar-refractivity contribution is 6.43. The summed E-state index contributed by atoms with van der Waals surface area (Å²) in [5.74, 6) is -5.70. The van der Waals surface area contributed by atoms with Crippen molar-refractivity contribution in [2.24, 2.45) is 5.10 Å². The number of Topliss-reactive ketones (excluding diaryl/α,β-unsaturated/α-hetero) is 1. The summed E-state index contributed by atoms with van der Waals surface area (Å²) in [6.07, 6.45) is 1.49. The van der Waals surface area contributed by atoms with Crippen molar-refractivity contribution in [3.63, 3.8) is 0 Å². The number of likely N-dealkylation sites (N-methyl/N-ethyl adjacent to an activating group) is 1. The van der Waals surface area contributed by atoms with Crippen LogP contribution in [0, 0.1) is 11.6 Å². The number of hydrogen-bond donors (Lipinski definition) is 2. The first-order valence-electron chi connectivity index (χ1n) is 9.19. The zero-order valence-corrected chi connectivity index (χ0v) is 16.6. The molecule has 2 N–H and O–H groups in total. The molecule has 3 rings (SSSR count). The number of halogens is 2. The summed E-state index contributed by atoms with van der Waals surface area (Å²) in [6, 6.07) is 6.55. The zero-order chi connectivity index (χ0) is 22.7. The van der Waals surface area contributed by atoms with Gasteiger partial charge in [0.1, 0.15) is 23.7 Å². The minimum atomic E-state index is -1.22. The second kappa shape index (κ2) is 8.82. The molecule has 1 unspecified atom stereocenters. The van der Waals surface area contributed by atoms with Gasteiger partial charge < -0.3 is 10.6 Å². The molecule has 1 aliphatic heterocycles. The number of nitrogens with zero attached hydrogens (tertiary/aromatic N) is 2. The summed E-state index contributed by atoms with van der Waals surface area (Å²) in [7, 11) is 1.44. The van der Waals surface area contributed by atoms with E-state index in [1.165, 1.54) is 20.2 Å². The first kappa shape index (κ1) is 21.8. The van der Waals surface area contributed by atoms with Crippen LogP contribution in [0.4, 0.5) is 8.78 Å². The maximum absolute atomic E-state index is 13.3. The van der Waals surface area contributed by atoms with Gasteiger partial charge in [0.15, 0.2) is 0 Å². The molecule has 0 aromatic heterocycles. The molecule has 160 valence electrons. The average Bonchev–Trinajstić information content (AvgIpc) is 2.84. The number of rotatable bonds is 5. The fourth-order valence-electron chi connectivity index (χ4n) is 2.97. The van der Waals surface area contributed by atoms with Gasteiger partial charge in [-0.3, -0.25) is 19.2 Å². The van der Waals surface area contributed by atoms with Crippen molar-refractivity contribution in [3.05, 3.63) is 70.8 Å². The molecule has 3 amide bonds. The third kappa shape index (κ3) is 4.80. The van der Waals surface area contributed by atoms with Crippen LogP contribution in [-0.4, -0.2) is 47.8 Å². The van der Waals surface area contributed by atoms with Crippen LogP contribution in [0.1, 0.15) is 34.5 Å². The molecule has 0 fully saturated rings. The Kier molecular flexibility index (Phi) is 6.19. The van der Waals surface area contributed by atoms with Crippen LogP contribution in [0.3, 0.4) is 0 Å². The number of benzene rings is 2. The van der Waals surface area contributed by atoms with Gasteiger partial charge in [-0.25, -0.2) is 13.8 Å². The minimum Gasteiger partial charge on any atom is -0.339 e. The summed E-state index contributed by atoms with van der Waals surface area (Å²) >= 11 is 0. The summed E-state index contributed by atoms with van der Waals surface area (Å²) < 4.78 is 26.6. The highest BCUT2D eigenvalue weighted by Gasteiger charge is 2.31. The lowest BCUT2D eigenvalue weighted by Crippen LogP contribution is -2.49. The molecule has 0 spiro atoms. The van der Waals surface area contributed by atoms with E-state index < -0.39 is 52.8 Å². The summed E-state index contributed by atoms with van der Waals surface area (Å²) in [5.41, 5.74) is 0.651. The Morgan fingerprint density at radius 1 is 1.10 bits per heavy atom. The normalized spacial score (nSPS) is 16.2. The molecule has 0 saturated carbocycles. The van der Waals surface area contributed by atoms with Gasteiger partial charge in [-0.15, -0.1) is 0 Å². The molecule has 1 aliphatic rings. The predicted molar refractivity (Wildman–Crippen MR) is 106 cm³/mol. The number of fused-ring (bicyclic) bond motifs is 1. The number of ketones is 1. The van der Waals surface area contributed by atoms with E-state index in [0.29, 0.717) is 29.3 Å². The molecule has 0 saturated heterocycles. The van der Waals surface area contributed by atoms with Crippen molar-refractivity contribution in [2.45, 2.75) is 19.0 Å². The van der Waals surface area contributed by atoms with Crippen LogP contribution in [0.2, 0.25) is 0 Å². The molecular formula is C21H18F2N4O4. The topological polar surface area (TPSA) is 108 Å². The van der Waals surface area contributed by atoms with E-state index in [9.17, 15) is 28.0 Å². The molecule has 0 aliphatic carbocycles. The van der Waals surface area contributed by atoms with Gasteiger partial charge in [-0.05, 0) is 24.6 Å². The Bertz CT molecular complexity index is 1080. The number of nitrogens with one attached hydrogen (secondary N) is 2. The smallest absolute Gasteiger partial charge is 0.293 e. The predicted octanol–water partition coefficient (Wildman–Crippen LogP) is 1.32. The van der Waals surface area contributed by atoms with E-state index >= 15 is 0 Å². The minimum absolute atomic E-state index is 0.491. The average molecular weight is 428 g/mol. The van der Waals surface area contributed by atoms with Gasteiger partial charge in [-0.1, -0.05) is 24.3 Å². The lowest BCUT2D eigenvalue weighted by atomic mass is 10.00. The third-order valence-electron chi connectivity index (χ3n) is 4.60. The summed E-state index contributed by atoms with van der Waals surface area (Å²) in [5, 5.41) is 9.79. The lowest BCUT2D eigenvalue weighted by molar-refractivity contribution is -0.136. The molecule has 0 radical (unpaired) electrons. The molecule has 8 nitrogen and oxygen atoms in total. The highest BCUT2D eigenvalue weighted by atomic mass is 19.1. The summed E-state index contributed by atoms with van der Waals surface area (Å²) in [4.78, 5) is 49.6. The lowest BCUT2D eigenvalue weighted by Gasteiger charge is -2.22. The zero-order valence-electron chi connectivity index (χ0n) is 16.6. The number of carbonyl (C=O) groups excluding carboxylic acids is 4. The van der Waals surface area contributed by atoms with E-state index in [0.717, 1.165) is 5.01 Å². The van der Waals surface area contributed by atoms with Gasteiger partial charge in [0.25, 0.3) is 11.8 Å². The van der Waals surface area contributed by atoms with E-state index in [1.54, 1.807) is 24.3 Å². The molecule has 2 atom stereocenters. The van der Waals surface area contributed by atoms with E-state index in [2.05, 4.69) is 15.7 Å². The van der Waals surface area contributed by atoms with Crippen LogP contribution in [0.25, 0.3) is 0 Å². The van der Waals surface area contributed by atoms with Crippen molar-refractivity contribution in [1.29, 1.82) is 0 Å². The monoisotopic (exact) mass is 428 g/mol. The SMILES string of the molecule is C[C@H](NC(=O)C(=O)c1cc(F)cc(F)c1)C(=O)NC1C(=O)N(C)N=Cc2ccccc21. The van der Waals surface area contributed by atoms with Crippen LogP contribution in [0.15, 0.2) is 47.6 Å². The first-order chi connectivity index (χ1) is 14.7. The number of hydrazone groups is 1. The molecular weight excluding hydrogens is 410 g/mol. The Morgan fingerprint density at radius 3 is 2.42 bits per heavy atom. The Morgan fingerprint density at radius 2 is 1.74 bits per heavy atom. The Hall–Kier alpha value is -3.95. The van der Waals surface area contributed by atoms with Crippen molar-refractivity contribution in [3.8, 4) is 0 Å². The van der Waals surface area contributed by atoms with E-state index in [-0.39, 0.29) is 0 Å². The van der Waals surface area contributed by atoms with Gasteiger partial charge >= 0.3 is 0 Å². The van der Waals surface area contributed by atoms with Crippen LogP contribution in [-0.2, 0) is 14.4 Å². The van der Waals surface area contributed by atoms with Gasteiger partial charge in [0.05, 0.1) is 6.21 Å². The van der Waals surface area contributed by atoms with Crippen LogP contribution < -0.4 is 10.6 Å². The van der Waals surface area contributed by atoms with Gasteiger partial charge in [0, 0.05) is 24.2 Å². The van der Waals surface area contributed by atoms with Crippen molar-refractivity contribution in [2.75, 3.05) is 7.05 Å². The largest absolute Gasteiger partial charge is 0.339 e. The van der Waals surface area contributed by atoms with Gasteiger partial charge in [-0.2, -0.15) is 5.10 Å². The maximum Gasteiger partial charge on any atom is 0.293 e. The molecule has 2 aromatic rings. The third-order valence-corrected chi connectivity index (χ3v) is 4.60. The standard InChI is InChI=1S/C21H18F2N4O4/c1-11(25-20(30)18(28)13-7-14(22)9-15(23)8-13)19(29)26-17-16-6-4-3-5-12(16)10-24-27(2)21(17)31/h3-11,17H,1-2H3,(H,25,30)(H,26,29)/t11-,17?/m0/s1. The second-order valence-corrected chi connectivity index (χ2v) is 6.86. The Balaban J connectivity index is 1.72. The van der Waals surface area contributed by atoms with E-state index in [4.69, 9.17) is 0 Å². The Labute approximate surface area is 175 Å². The second-order valence-electron chi connectivity index (χ2n) is 6.86. The van der Waals surface area contributed by atoms with Crippen molar-refractivity contribution < 1.29 is 28.0 Å². The quantitative estimate of drug-likeness (QED) is 0.553. The number of carbonyl (C=O) groups is 4. The first-order valence-corrected chi connectivity index (χ1v) is 9.19. The molecule has 2 aromatic carbocycles. The van der Waals surface area contributed by atoms with Crippen LogP contribution >= 0.6 is 0 Å². The molecule has 0 bridgehead atoms. The fourth-order valence-corrected chi connectivity index (χ4v) is 2.97.